The minimum absolute atomic E-state index is 0.268. The number of halogens is 1. The zero-order valence-corrected chi connectivity index (χ0v) is 13.3. The van der Waals surface area contributed by atoms with Gasteiger partial charge in [0.2, 0.25) is 0 Å². The van der Waals surface area contributed by atoms with Gasteiger partial charge in [-0.3, -0.25) is 0 Å². The van der Waals surface area contributed by atoms with Gasteiger partial charge in [-0.2, -0.15) is 0 Å². The van der Waals surface area contributed by atoms with Crippen molar-refractivity contribution in [1.82, 2.24) is 0 Å². The Morgan fingerprint density at radius 3 is 2.86 bits per heavy atom. The van der Waals surface area contributed by atoms with Gasteiger partial charge in [0.15, 0.2) is 11.6 Å². The Morgan fingerprint density at radius 1 is 1.38 bits per heavy atom. The summed E-state index contributed by atoms with van der Waals surface area (Å²) in [6.45, 7) is 3.31. The standard InChI is InChI=1S/C16H21FN2OS/c1-3-8-20-16-11-15(14(18)10-13(16)17)19(2)7-6-12-5-4-9-21-12/h4-5,9-11H,3,6-8,18H2,1-2H3. The number of nitrogens with zero attached hydrogens (tertiary/aromatic N) is 1. The Bertz CT molecular complexity index is 572. The van der Waals surface area contributed by atoms with Crippen LogP contribution in [0, 0.1) is 5.82 Å². The average Bonchev–Trinajstić information content (AvgIpc) is 2.97. The van der Waals surface area contributed by atoms with Gasteiger partial charge in [-0.05, 0) is 24.3 Å². The van der Waals surface area contributed by atoms with Crippen LogP contribution in [0.5, 0.6) is 5.75 Å². The highest BCUT2D eigenvalue weighted by atomic mass is 32.1. The van der Waals surface area contributed by atoms with Crippen LogP contribution in [0.4, 0.5) is 15.8 Å². The van der Waals surface area contributed by atoms with Gasteiger partial charge in [0.25, 0.3) is 0 Å². The first-order valence-electron chi connectivity index (χ1n) is 7.07. The average molecular weight is 308 g/mol. The highest BCUT2D eigenvalue weighted by Crippen LogP contribution is 2.30. The fourth-order valence-corrected chi connectivity index (χ4v) is 2.76. The molecule has 0 unspecified atom stereocenters. The van der Waals surface area contributed by atoms with Crippen molar-refractivity contribution in [3.63, 3.8) is 0 Å². The number of anilines is 2. The maximum Gasteiger partial charge on any atom is 0.167 e. The van der Waals surface area contributed by atoms with Gasteiger partial charge >= 0.3 is 0 Å². The van der Waals surface area contributed by atoms with Crippen molar-refractivity contribution in [2.45, 2.75) is 19.8 Å². The minimum atomic E-state index is -0.406. The Hall–Kier alpha value is -1.75. The van der Waals surface area contributed by atoms with E-state index in [1.807, 2.05) is 24.9 Å². The minimum Gasteiger partial charge on any atom is -0.490 e. The molecule has 2 N–H and O–H groups in total. The second-order valence-electron chi connectivity index (χ2n) is 4.94. The third-order valence-electron chi connectivity index (χ3n) is 3.23. The Balaban J connectivity index is 2.09. The Kier molecular flexibility index (Phi) is 5.44. The number of benzene rings is 1. The highest BCUT2D eigenvalue weighted by Gasteiger charge is 2.12. The molecule has 0 amide bonds. The van der Waals surface area contributed by atoms with Crippen LogP contribution in [0.15, 0.2) is 29.6 Å². The molecule has 1 aromatic carbocycles. The Labute approximate surface area is 129 Å². The van der Waals surface area contributed by atoms with Gasteiger partial charge in [0.1, 0.15) is 0 Å². The lowest BCUT2D eigenvalue weighted by atomic mass is 10.2. The molecule has 0 radical (unpaired) electrons. The second kappa shape index (κ2) is 7.31. The van der Waals surface area contributed by atoms with Crippen molar-refractivity contribution < 1.29 is 9.13 Å². The largest absolute Gasteiger partial charge is 0.490 e. The summed E-state index contributed by atoms with van der Waals surface area (Å²) in [7, 11) is 1.96. The maximum absolute atomic E-state index is 13.8. The molecule has 2 aromatic rings. The number of hydrogen-bond donors (Lipinski definition) is 1. The first kappa shape index (κ1) is 15.6. The van der Waals surface area contributed by atoms with Gasteiger partial charge in [-0.1, -0.05) is 13.0 Å². The summed E-state index contributed by atoms with van der Waals surface area (Å²) >= 11 is 1.74. The maximum atomic E-state index is 13.8. The molecule has 1 aromatic heterocycles. The molecule has 0 aliphatic rings. The van der Waals surface area contributed by atoms with E-state index in [0.717, 1.165) is 25.1 Å². The molecule has 0 spiro atoms. The molecular formula is C16H21FN2OS. The zero-order valence-electron chi connectivity index (χ0n) is 12.4. The van der Waals surface area contributed by atoms with E-state index >= 15 is 0 Å². The van der Waals surface area contributed by atoms with E-state index in [1.165, 1.54) is 10.9 Å². The van der Waals surface area contributed by atoms with Crippen LogP contribution >= 0.6 is 11.3 Å². The first-order chi connectivity index (χ1) is 10.1. The van der Waals surface area contributed by atoms with Crippen LogP contribution < -0.4 is 15.4 Å². The summed E-state index contributed by atoms with van der Waals surface area (Å²) in [5, 5.41) is 2.07. The van der Waals surface area contributed by atoms with Crippen LogP contribution in [0.3, 0.4) is 0 Å². The van der Waals surface area contributed by atoms with Gasteiger partial charge in [0, 0.05) is 30.6 Å². The first-order valence-corrected chi connectivity index (χ1v) is 7.95. The molecule has 21 heavy (non-hydrogen) atoms. The summed E-state index contributed by atoms with van der Waals surface area (Å²) in [5.74, 6) is -0.139. The van der Waals surface area contributed by atoms with Crippen molar-refractivity contribution in [2.24, 2.45) is 0 Å². The van der Waals surface area contributed by atoms with Crippen LogP contribution in [-0.4, -0.2) is 20.2 Å². The van der Waals surface area contributed by atoms with E-state index in [2.05, 4.69) is 11.4 Å². The normalized spacial score (nSPS) is 10.6. The van der Waals surface area contributed by atoms with Gasteiger partial charge in [0.05, 0.1) is 18.0 Å². The molecule has 5 heteroatoms. The molecule has 0 atom stereocenters. The number of ether oxygens (including phenoxy) is 1. The van der Waals surface area contributed by atoms with E-state index in [4.69, 9.17) is 10.5 Å². The predicted octanol–water partition coefficient (Wildman–Crippen LogP) is 3.94. The number of thiophene rings is 1. The molecule has 0 aliphatic carbocycles. The summed E-state index contributed by atoms with van der Waals surface area (Å²) in [6, 6.07) is 7.18. The molecule has 2 rings (SSSR count). The smallest absolute Gasteiger partial charge is 0.167 e. The molecule has 0 saturated heterocycles. The summed E-state index contributed by atoms with van der Waals surface area (Å²) in [4.78, 5) is 3.36. The summed E-state index contributed by atoms with van der Waals surface area (Å²) in [5.41, 5.74) is 7.17. The van der Waals surface area contributed by atoms with Crippen molar-refractivity contribution in [1.29, 1.82) is 0 Å². The molecular weight excluding hydrogens is 287 g/mol. The summed E-state index contributed by atoms with van der Waals surface area (Å²) < 4.78 is 19.2. The second-order valence-corrected chi connectivity index (χ2v) is 5.97. The third-order valence-corrected chi connectivity index (χ3v) is 4.16. The van der Waals surface area contributed by atoms with E-state index in [1.54, 1.807) is 17.4 Å². The van der Waals surface area contributed by atoms with Crippen LogP contribution in [0.25, 0.3) is 0 Å². The van der Waals surface area contributed by atoms with Crippen molar-refractivity contribution >= 4 is 22.7 Å². The topological polar surface area (TPSA) is 38.5 Å². The molecule has 0 fully saturated rings. The number of nitrogens with two attached hydrogens (primary N) is 1. The lowest BCUT2D eigenvalue weighted by Gasteiger charge is -2.22. The van der Waals surface area contributed by atoms with E-state index in [0.29, 0.717) is 12.3 Å². The number of likely N-dealkylation sites (N-methyl/N-ethyl adjacent to an activating group) is 1. The van der Waals surface area contributed by atoms with Crippen LogP contribution in [0.2, 0.25) is 0 Å². The monoisotopic (exact) mass is 308 g/mol. The fraction of sp³-hybridized carbons (Fsp3) is 0.375. The lowest BCUT2D eigenvalue weighted by molar-refractivity contribution is 0.301. The van der Waals surface area contributed by atoms with Crippen molar-refractivity contribution in [3.8, 4) is 5.75 Å². The van der Waals surface area contributed by atoms with E-state index in [9.17, 15) is 4.39 Å². The molecule has 114 valence electrons. The third kappa shape index (κ3) is 4.11. The van der Waals surface area contributed by atoms with E-state index < -0.39 is 5.82 Å². The Morgan fingerprint density at radius 2 is 2.19 bits per heavy atom. The number of nitrogen functional groups attached to an aromatic ring is 1. The zero-order chi connectivity index (χ0) is 15.2. The van der Waals surface area contributed by atoms with Gasteiger partial charge < -0.3 is 15.4 Å². The predicted molar refractivity (Wildman–Crippen MR) is 87.9 cm³/mol. The van der Waals surface area contributed by atoms with Gasteiger partial charge in [-0.25, -0.2) is 4.39 Å². The molecule has 1 heterocycles. The van der Waals surface area contributed by atoms with Crippen LogP contribution in [0.1, 0.15) is 18.2 Å². The lowest BCUT2D eigenvalue weighted by Crippen LogP contribution is -2.21. The fourth-order valence-electron chi connectivity index (χ4n) is 2.06. The van der Waals surface area contributed by atoms with Crippen LogP contribution in [-0.2, 0) is 6.42 Å². The quantitative estimate of drug-likeness (QED) is 0.787. The van der Waals surface area contributed by atoms with Crippen molar-refractivity contribution in [3.05, 3.63) is 40.3 Å². The number of hydrogen-bond acceptors (Lipinski definition) is 4. The highest BCUT2D eigenvalue weighted by molar-refractivity contribution is 7.09. The van der Waals surface area contributed by atoms with Gasteiger partial charge in [-0.15, -0.1) is 11.3 Å². The molecule has 0 aliphatic heterocycles. The summed E-state index contributed by atoms with van der Waals surface area (Å²) in [6.07, 6.45) is 1.78. The van der Waals surface area contributed by atoms with Crippen molar-refractivity contribution in [2.75, 3.05) is 30.8 Å². The molecule has 0 saturated carbocycles. The molecule has 0 bridgehead atoms. The van der Waals surface area contributed by atoms with E-state index in [-0.39, 0.29) is 5.75 Å². The number of rotatable bonds is 7. The molecule has 3 nitrogen and oxygen atoms in total. The SMILES string of the molecule is CCCOc1cc(N(C)CCc2cccs2)c(N)cc1F.